The van der Waals surface area contributed by atoms with E-state index in [9.17, 15) is 14.7 Å². The van der Waals surface area contributed by atoms with E-state index in [1.807, 2.05) is 0 Å². The van der Waals surface area contributed by atoms with Crippen molar-refractivity contribution < 1.29 is 19.4 Å². The number of hydrazone groups is 1. The highest BCUT2D eigenvalue weighted by atomic mass is 32.2. The molecule has 0 bridgehead atoms. The van der Waals surface area contributed by atoms with E-state index in [1.54, 1.807) is 11.8 Å². The van der Waals surface area contributed by atoms with E-state index in [2.05, 4.69) is 41.5 Å². The normalized spacial score (nSPS) is 24.8. The van der Waals surface area contributed by atoms with Crippen LogP contribution in [0.5, 0.6) is 0 Å². The summed E-state index contributed by atoms with van der Waals surface area (Å²) in [6, 6.07) is -0.631. The van der Waals surface area contributed by atoms with E-state index in [-0.39, 0.29) is 23.3 Å². The molecule has 9 heteroatoms. The van der Waals surface area contributed by atoms with E-state index in [0.717, 1.165) is 43.1 Å². The summed E-state index contributed by atoms with van der Waals surface area (Å²) in [4.78, 5) is 27.8. The number of ether oxygens (including phenoxy) is 1. The number of nitrogens with zero attached hydrogens (tertiary/aromatic N) is 2. The molecule has 31 heavy (non-hydrogen) atoms. The molecule has 0 aromatic heterocycles. The maximum atomic E-state index is 12.9. The Hall–Kier alpha value is -1.32. The summed E-state index contributed by atoms with van der Waals surface area (Å²) >= 11 is 1.59. The van der Waals surface area contributed by atoms with E-state index >= 15 is 0 Å². The van der Waals surface area contributed by atoms with E-state index in [0.29, 0.717) is 26.1 Å². The number of hydrogen-bond acceptors (Lipinski definition) is 6. The van der Waals surface area contributed by atoms with E-state index < -0.39 is 18.1 Å². The Kier molecular flexibility index (Phi) is 8.64. The van der Waals surface area contributed by atoms with Gasteiger partial charge in [0.1, 0.15) is 0 Å². The van der Waals surface area contributed by atoms with Gasteiger partial charge in [-0.1, -0.05) is 31.0 Å². The SMILES string of the molecule is CC(C)(C)N1CCSC1=NNC(=O)C(O)C(NC(=O)C1CCCCC1)C1CCOCC1. The third-order valence-electron chi connectivity index (χ3n) is 6.52. The Bertz CT molecular complexity index is 654. The molecule has 2 amide bonds. The molecule has 2 atom stereocenters. The van der Waals surface area contributed by atoms with Crippen molar-refractivity contribution in [3.63, 3.8) is 0 Å². The molecule has 2 heterocycles. The Morgan fingerprint density at radius 3 is 2.48 bits per heavy atom. The number of carbonyl (C=O) groups excluding carboxylic acids is 2. The van der Waals surface area contributed by atoms with Crippen molar-refractivity contribution in [3.8, 4) is 0 Å². The Morgan fingerprint density at radius 1 is 1.16 bits per heavy atom. The molecule has 3 rings (SSSR count). The van der Waals surface area contributed by atoms with Crippen LogP contribution in [0.4, 0.5) is 0 Å². The van der Waals surface area contributed by atoms with Crippen LogP contribution in [-0.2, 0) is 14.3 Å². The van der Waals surface area contributed by atoms with Crippen LogP contribution in [0.1, 0.15) is 65.7 Å². The van der Waals surface area contributed by atoms with Crippen LogP contribution in [-0.4, -0.2) is 70.2 Å². The molecule has 0 spiro atoms. The van der Waals surface area contributed by atoms with Crippen molar-refractivity contribution in [2.75, 3.05) is 25.5 Å². The second-order valence-corrected chi connectivity index (χ2v) is 10.9. The van der Waals surface area contributed by atoms with Crippen molar-refractivity contribution in [3.05, 3.63) is 0 Å². The molecule has 0 aromatic rings. The molecule has 3 N–H and O–H groups in total. The molecule has 2 aliphatic heterocycles. The summed E-state index contributed by atoms with van der Waals surface area (Å²) in [5.41, 5.74) is 2.46. The molecule has 2 unspecified atom stereocenters. The van der Waals surface area contributed by atoms with E-state index in [4.69, 9.17) is 4.74 Å². The molecule has 3 fully saturated rings. The second-order valence-electron chi connectivity index (χ2n) is 9.81. The summed E-state index contributed by atoms with van der Waals surface area (Å²) < 4.78 is 5.45. The quantitative estimate of drug-likeness (QED) is 0.531. The molecule has 0 radical (unpaired) electrons. The van der Waals surface area contributed by atoms with Gasteiger partial charge < -0.3 is 20.1 Å². The van der Waals surface area contributed by atoms with E-state index in [1.165, 1.54) is 6.42 Å². The Labute approximate surface area is 189 Å². The van der Waals surface area contributed by atoms with Crippen molar-refractivity contribution in [2.24, 2.45) is 16.9 Å². The van der Waals surface area contributed by atoms with Gasteiger partial charge in [-0.05, 0) is 52.4 Å². The first-order valence-corrected chi connectivity index (χ1v) is 12.6. The average Bonchev–Trinajstić information content (AvgIpc) is 3.26. The lowest BCUT2D eigenvalue weighted by Gasteiger charge is -2.35. The minimum absolute atomic E-state index is 0.00150. The smallest absolute Gasteiger partial charge is 0.271 e. The topological polar surface area (TPSA) is 103 Å². The van der Waals surface area contributed by atoms with Crippen LogP contribution in [0.15, 0.2) is 5.10 Å². The Morgan fingerprint density at radius 2 is 1.84 bits per heavy atom. The van der Waals surface area contributed by atoms with Gasteiger partial charge in [0.25, 0.3) is 5.91 Å². The maximum Gasteiger partial charge on any atom is 0.271 e. The molecule has 0 aromatic carbocycles. The van der Waals surface area contributed by atoms with Gasteiger partial charge in [0.15, 0.2) is 11.3 Å². The number of aliphatic hydroxyl groups excluding tert-OH is 1. The number of amidine groups is 1. The van der Waals surface area contributed by atoms with Gasteiger partial charge in [0, 0.05) is 37.0 Å². The molecular formula is C22H38N4O4S. The molecular weight excluding hydrogens is 416 g/mol. The zero-order valence-corrected chi connectivity index (χ0v) is 19.9. The minimum Gasteiger partial charge on any atom is -0.381 e. The van der Waals surface area contributed by atoms with Crippen LogP contribution >= 0.6 is 11.8 Å². The lowest BCUT2D eigenvalue weighted by molar-refractivity contribution is -0.135. The average molecular weight is 455 g/mol. The van der Waals surface area contributed by atoms with Gasteiger partial charge in [-0.25, -0.2) is 5.43 Å². The zero-order chi connectivity index (χ0) is 22.4. The fraction of sp³-hybridized carbons (Fsp3) is 0.864. The van der Waals surface area contributed by atoms with Gasteiger partial charge in [0.2, 0.25) is 5.91 Å². The first kappa shape index (κ1) is 24.3. The fourth-order valence-electron chi connectivity index (χ4n) is 4.63. The molecule has 8 nitrogen and oxygen atoms in total. The van der Waals surface area contributed by atoms with Gasteiger partial charge in [0.05, 0.1) is 6.04 Å². The highest BCUT2D eigenvalue weighted by Gasteiger charge is 2.37. The van der Waals surface area contributed by atoms with Crippen LogP contribution in [0.2, 0.25) is 0 Å². The summed E-state index contributed by atoms with van der Waals surface area (Å²) in [5, 5.41) is 19.0. The number of rotatable bonds is 6. The maximum absolute atomic E-state index is 12.9. The van der Waals surface area contributed by atoms with Gasteiger partial charge >= 0.3 is 0 Å². The van der Waals surface area contributed by atoms with Crippen LogP contribution in [0.3, 0.4) is 0 Å². The number of aliphatic hydroxyl groups is 1. The van der Waals surface area contributed by atoms with Crippen LogP contribution in [0.25, 0.3) is 0 Å². The first-order chi connectivity index (χ1) is 14.8. The largest absolute Gasteiger partial charge is 0.381 e. The van der Waals surface area contributed by atoms with Crippen molar-refractivity contribution in [1.29, 1.82) is 0 Å². The van der Waals surface area contributed by atoms with Gasteiger partial charge in [-0.2, -0.15) is 0 Å². The number of hydrogen-bond donors (Lipinski definition) is 3. The number of amides is 2. The highest BCUT2D eigenvalue weighted by molar-refractivity contribution is 8.14. The molecule has 1 saturated carbocycles. The summed E-state index contributed by atoms with van der Waals surface area (Å²) in [6.45, 7) is 8.34. The summed E-state index contributed by atoms with van der Waals surface area (Å²) in [6.07, 6.45) is 5.11. The van der Waals surface area contributed by atoms with Crippen molar-refractivity contribution in [2.45, 2.75) is 83.4 Å². The predicted octanol–water partition coefficient (Wildman–Crippen LogP) is 2.07. The fourth-order valence-corrected chi connectivity index (χ4v) is 5.71. The van der Waals surface area contributed by atoms with Gasteiger partial charge in [-0.15, -0.1) is 5.10 Å². The summed E-state index contributed by atoms with van der Waals surface area (Å²) in [5.74, 6) is 0.272. The molecule has 2 saturated heterocycles. The minimum atomic E-state index is -1.35. The molecule has 176 valence electrons. The Balaban J connectivity index is 1.66. The monoisotopic (exact) mass is 454 g/mol. The van der Waals surface area contributed by atoms with Crippen molar-refractivity contribution in [1.82, 2.24) is 15.6 Å². The van der Waals surface area contributed by atoms with Crippen molar-refractivity contribution >= 4 is 28.7 Å². The molecule has 1 aliphatic carbocycles. The van der Waals surface area contributed by atoms with Crippen LogP contribution in [0, 0.1) is 11.8 Å². The zero-order valence-electron chi connectivity index (χ0n) is 19.1. The molecule has 3 aliphatic rings. The predicted molar refractivity (Wildman–Crippen MR) is 123 cm³/mol. The summed E-state index contributed by atoms with van der Waals surface area (Å²) in [7, 11) is 0. The lowest BCUT2D eigenvalue weighted by atomic mass is 9.85. The van der Waals surface area contributed by atoms with Crippen LogP contribution < -0.4 is 10.7 Å². The third-order valence-corrected chi connectivity index (χ3v) is 7.47. The van der Waals surface area contributed by atoms with Gasteiger partial charge in [-0.3, -0.25) is 9.59 Å². The third kappa shape index (κ3) is 6.58. The lowest BCUT2D eigenvalue weighted by Crippen LogP contribution is -2.55. The number of nitrogens with one attached hydrogen (secondary N) is 2. The highest BCUT2D eigenvalue weighted by Crippen LogP contribution is 2.27. The number of thioether (sulfide) groups is 1. The number of carbonyl (C=O) groups is 2. The standard InChI is InChI=1S/C22H38N4O4S/c1-22(2,3)26-11-14-31-21(26)25-24-20(29)18(27)17(15-9-12-30-13-10-15)23-19(28)16-7-5-4-6-8-16/h15-18,27H,4-14H2,1-3H3,(H,23,28)(H,24,29). The first-order valence-electron chi connectivity index (χ1n) is 11.6. The second kappa shape index (κ2) is 11.0.